The van der Waals surface area contributed by atoms with Gasteiger partial charge in [-0.3, -0.25) is 4.79 Å². The number of nitrogens with one attached hydrogen (secondary N) is 2. The summed E-state index contributed by atoms with van der Waals surface area (Å²) in [6.45, 7) is 3.99. The Bertz CT molecular complexity index is 373. The Morgan fingerprint density at radius 2 is 2.53 bits per heavy atom. The standard InChI is InChI=1S/C11H18N4OS/c1-2-4-9-10(17-15-14-9)11(16)13-8-5-3-6-12-7-8/h8,12H,2-7H2,1H3,(H,13,16)/t8-/m0/s1. The predicted octanol–water partition coefficient (Wildman–Crippen LogP) is 0.972. The van der Waals surface area contributed by atoms with E-state index in [2.05, 4.69) is 27.1 Å². The molecule has 0 radical (unpaired) electrons. The van der Waals surface area contributed by atoms with E-state index in [9.17, 15) is 4.79 Å². The van der Waals surface area contributed by atoms with Crippen LogP contribution in [0.25, 0.3) is 0 Å². The zero-order valence-corrected chi connectivity index (χ0v) is 10.8. The number of aryl methyl sites for hydroxylation is 1. The third-order valence-electron chi connectivity index (χ3n) is 2.88. The highest BCUT2D eigenvalue weighted by molar-refractivity contribution is 7.08. The molecule has 17 heavy (non-hydrogen) atoms. The van der Waals surface area contributed by atoms with Crippen LogP contribution < -0.4 is 10.6 Å². The first-order valence-electron chi connectivity index (χ1n) is 6.14. The van der Waals surface area contributed by atoms with Gasteiger partial charge in [0.15, 0.2) is 0 Å². The molecule has 1 aliphatic heterocycles. The molecule has 2 heterocycles. The molecule has 1 aromatic heterocycles. The summed E-state index contributed by atoms with van der Waals surface area (Å²) in [4.78, 5) is 12.7. The topological polar surface area (TPSA) is 66.9 Å². The van der Waals surface area contributed by atoms with Crippen molar-refractivity contribution in [2.24, 2.45) is 0 Å². The smallest absolute Gasteiger partial charge is 0.265 e. The van der Waals surface area contributed by atoms with Crippen LogP contribution in [0.3, 0.4) is 0 Å². The first-order valence-corrected chi connectivity index (χ1v) is 6.91. The molecule has 2 rings (SSSR count). The van der Waals surface area contributed by atoms with Gasteiger partial charge in [0, 0.05) is 12.6 Å². The van der Waals surface area contributed by atoms with Gasteiger partial charge in [0.2, 0.25) is 0 Å². The highest BCUT2D eigenvalue weighted by Gasteiger charge is 2.20. The second-order valence-corrected chi connectivity index (χ2v) is 5.07. The lowest BCUT2D eigenvalue weighted by molar-refractivity contribution is 0.0933. The Morgan fingerprint density at radius 1 is 1.65 bits per heavy atom. The van der Waals surface area contributed by atoms with E-state index in [1.54, 1.807) is 0 Å². The van der Waals surface area contributed by atoms with Crippen molar-refractivity contribution in [2.75, 3.05) is 13.1 Å². The van der Waals surface area contributed by atoms with Crippen LogP contribution in [0.1, 0.15) is 41.6 Å². The second-order valence-electron chi connectivity index (χ2n) is 4.32. The quantitative estimate of drug-likeness (QED) is 0.840. The van der Waals surface area contributed by atoms with Gasteiger partial charge < -0.3 is 10.6 Å². The SMILES string of the molecule is CCCc1nnsc1C(=O)N[C@H]1CCCNC1. The summed E-state index contributed by atoms with van der Waals surface area (Å²) >= 11 is 1.19. The summed E-state index contributed by atoms with van der Waals surface area (Å²) in [6, 6.07) is 0.243. The van der Waals surface area contributed by atoms with E-state index in [0.29, 0.717) is 4.88 Å². The van der Waals surface area contributed by atoms with Crippen LogP contribution in [0.5, 0.6) is 0 Å². The minimum Gasteiger partial charge on any atom is -0.347 e. The van der Waals surface area contributed by atoms with Crippen LogP contribution in [-0.2, 0) is 6.42 Å². The average molecular weight is 254 g/mol. The van der Waals surface area contributed by atoms with Gasteiger partial charge in [-0.25, -0.2) is 0 Å². The normalized spacial score (nSPS) is 20.2. The molecule has 0 saturated carbocycles. The molecule has 5 nitrogen and oxygen atoms in total. The number of amides is 1. The largest absolute Gasteiger partial charge is 0.347 e. The van der Waals surface area contributed by atoms with Crippen LogP contribution in [0.2, 0.25) is 0 Å². The van der Waals surface area contributed by atoms with Crippen molar-refractivity contribution in [3.63, 3.8) is 0 Å². The molecule has 6 heteroatoms. The average Bonchev–Trinajstić information content (AvgIpc) is 2.79. The molecule has 0 unspecified atom stereocenters. The van der Waals surface area contributed by atoms with E-state index in [1.807, 2.05) is 0 Å². The van der Waals surface area contributed by atoms with E-state index in [-0.39, 0.29) is 11.9 Å². The zero-order valence-electron chi connectivity index (χ0n) is 10.0. The number of nitrogens with zero attached hydrogens (tertiary/aromatic N) is 2. The number of carbonyl (C=O) groups excluding carboxylic acids is 1. The Labute approximate surface area is 105 Å². The fourth-order valence-corrected chi connectivity index (χ4v) is 2.62. The molecule has 1 saturated heterocycles. The fraction of sp³-hybridized carbons (Fsp3) is 0.727. The van der Waals surface area contributed by atoms with Gasteiger partial charge in [-0.2, -0.15) is 0 Å². The molecular weight excluding hydrogens is 236 g/mol. The monoisotopic (exact) mass is 254 g/mol. The number of piperidine rings is 1. The highest BCUT2D eigenvalue weighted by Crippen LogP contribution is 2.13. The molecule has 0 aromatic carbocycles. The molecule has 1 atom stereocenters. The molecule has 94 valence electrons. The third kappa shape index (κ3) is 3.23. The molecule has 1 aliphatic rings. The summed E-state index contributed by atoms with van der Waals surface area (Å²) < 4.78 is 3.87. The molecule has 0 aliphatic carbocycles. The van der Waals surface area contributed by atoms with Gasteiger partial charge in [0.05, 0.1) is 5.69 Å². The fourth-order valence-electron chi connectivity index (χ4n) is 2.01. The maximum absolute atomic E-state index is 12.1. The van der Waals surface area contributed by atoms with Gasteiger partial charge in [0.25, 0.3) is 5.91 Å². The number of aromatic nitrogens is 2. The van der Waals surface area contributed by atoms with Crippen LogP contribution in [-0.4, -0.2) is 34.6 Å². The lowest BCUT2D eigenvalue weighted by atomic mass is 10.1. The number of hydrogen-bond donors (Lipinski definition) is 2. The lowest BCUT2D eigenvalue weighted by Crippen LogP contribution is -2.45. The van der Waals surface area contributed by atoms with Gasteiger partial charge in [0.1, 0.15) is 4.88 Å². The minimum atomic E-state index is -0.0165. The van der Waals surface area contributed by atoms with Crippen molar-refractivity contribution >= 4 is 17.4 Å². The predicted molar refractivity (Wildman–Crippen MR) is 67.3 cm³/mol. The summed E-state index contributed by atoms with van der Waals surface area (Å²) in [5.41, 5.74) is 0.832. The van der Waals surface area contributed by atoms with Crippen LogP contribution in [0.4, 0.5) is 0 Å². The Hall–Kier alpha value is -1.01. The molecule has 1 aromatic rings. The second kappa shape index (κ2) is 6.07. The Balaban J connectivity index is 1.96. The van der Waals surface area contributed by atoms with Crippen LogP contribution in [0, 0.1) is 0 Å². The minimum absolute atomic E-state index is 0.0165. The third-order valence-corrected chi connectivity index (χ3v) is 3.65. The molecule has 1 amide bonds. The van der Waals surface area contributed by atoms with Crippen molar-refractivity contribution in [1.82, 2.24) is 20.2 Å². The maximum atomic E-state index is 12.1. The first-order chi connectivity index (χ1) is 8.31. The van der Waals surface area contributed by atoms with Crippen molar-refractivity contribution in [2.45, 2.75) is 38.6 Å². The maximum Gasteiger partial charge on any atom is 0.265 e. The van der Waals surface area contributed by atoms with Crippen molar-refractivity contribution in [3.8, 4) is 0 Å². The van der Waals surface area contributed by atoms with Gasteiger partial charge in [-0.15, -0.1) is 5.10 Å². The summed E-state index contributed by atoms with van der Waals surface area (Å²) in [7, 11) is 0. The van der Waals surface area contributed by atoms with Crippen LogP contribution >= 0.6 is 11.5 Å². The zero-order chi connectivity index (χ0) is 12.1. The molecule has 0 bridgehead atoms. The lowest BCUT2D eigenvalue weighted by Gasteiger charge is -2.23. The number of carbonyl (C=O) groups is 1. The van der Waals surface area contributed by atoms with E-state index in [4.69, 9.17) is 0 Å². The van der Waals surface area contributed by atoms with Gasteiger partial charge >= 0.3 is 0 Å². The molecule has 0 spiro atoms. The van der Waals surface area contributed by atoms with Crippen molar-refractivity contribution < 1.29 is 4.79 Å². The Morgan fingerprint density at radius 3 is 3.24 bits per heavy atom. The van der Waals surface area contributed by atoms with Crippen molar-refractivity contribution in [3.05, 3.63) is 10.6 Å². The van der Waals surface area contributed by atoms with E-state index < -0.39 is 0 Å². The van der Waals surface area contributed by atoms with E-state index in [1.165, 1.54) is 11.5 Å². The van der Waals surface area contributed by atoms with Crippen LogP contribution in [0.15, 0.2) is 0 Å². The number of rotatable bonds is 4. The molecule has 1 fully saturated rings. The summed E-state index contributed by atoms with van der Waals surface area (Å²) in [5.74, 6) is -0.0165. The first kappa shape index (κ1) is 12.4. The van der Waals surface area contributed by atoms with Crippen molar-refractivity contribution in [1.29, 1.82) is 0 Å². The highest BCUT2D eigenvalue weighted by atomic mass is 32.1. The molecule has 2 N–H and O–H groups in total. The van der Waals surface area contributed by atoms with E-state index >= 15 is 0 Å². The van der Waals surface area contributed by atoms with Gasteiger partial charge in [-0.1, -0.05) is 17.8 Å². The van der Waals surface area contributed by atoms with E-state index in [0.717, 1.165) is 44.5 Å². The summed E-state index contributed by atoms with van der Waals surface area (Å²) in [6.07, 6.45) is 3.97. The Kier molecular flexibility index (Phi) is 4.44. The number of hydrogen-bond acceptors (Lipinski definition) is 5. The summed E-state index contributed by atoms with van der Waals surface area (Å²) in [5, 5.41) is 10.3. The molecular formula is C11H18N4OS. The van der Waals surface area contributed by atoms with Gasteiger partial charge in [-0.05, 0) is 37.3 Å².